The first-order chi connectivity index (χ1) is 6.11. The molecule has 0 saturated carbocycles. The molecule has 6 nitrogen and oxygen atoms in total. The number of hydrogen-bond acceptors (Lipinski definition) is 6. The third-order valence-electron chi connectivity index (χ3n) is 2.13. The number of nitrogens with one attached hydrogen (secondary N) is 1. The predicted octanol–water partition coefficient (Wildman–Crippen LogP) is -2.79. The van der Waals surface area contributed by atoms with Gasteiger partial charge in [0.05, 0.1) is 6.04 Å². The number of aldehydes is 1. The van der Waals surface area contributed by atoms with E-state index in [1.165, 1.54) is 7.05 Å². The third kappa shape index (κ3) is 1.87. The lowest BCUT2D eigenvalue weighted by molar-refractivity contribution is -0.246. The molecule has 1 aliphatic rings. The summed E-state index contributed by atoms with van der Waals surface area (Å²) in [6.45, 7) is 0. The molecule has 76 valence electrons. The van der Waals surface area contributed by atoms with E-state index in [1.807, 2.05) is 0 Å². The number of ether oxygens (including phenoxy) is 1. The van der Waals surface area contributed by atoms with E-state index in [0.29, 0.717) is 6.29 Å². The second-order valence-corrected chi connectivity index (χ2v) is 2.92. The molecule has 0 radical (unpaired) electrons. The molecule has 5 atom stereocenters. The average Bonchev–Trinajstić information content (AvgIpc) is 2.12. The minimum absolute atomic E-state index is 0.393. The van der Waals surface area contributed by atoms with E-state index in [1.54, 1.807) is 0 Å². The Balaban J connectivity index is 2.74. The molecule has 4 N–H and O–H groups in total. The van der Waals surface area contributed by atoms with Gasteiger partial charge in [0.25, 0.3) is 0 Å². The van der Waals surface area contributed by atoms with E-state index in [9.17, 15) is 15.0 Å². The quantitative estimate of drug-likeness (QED) is 0.352. The van der Waals surface area contributed by atoms with Crippen molar-refractivity contribution in [3.63, 3.8) is 0 Å². The van der Waals surface area contributed by atoms with Gasteiger partial charge in [-0.15, -0.1) is 0 Å². The summed E-state index contributed by atoms with van der Waals surface area (Å²) in [6, 6.07) is -0.765. The van der Waals surface area contributed by atoms with Crippen LogP contribution in [0.4, 0.5) is 0 Å². The molecule has 6 heteroatoms. The van der Waals surface area contributed by atoms with Gasteiger partial charge in [-0.25, -0.2) is 0 Å². The molecule has 13 heavy (non-hydrogen) atoms. The lowest BCUT2D eigenvalue weighted by atomic mass is 9.97. The van der Waals surface area contributed by atoms with Gasteiger partial charge in [-0.3, -0.25) is 0 Å². The lowest BCUT2D eigenvalue weighted by Crippen LogP contribution is -2.62. The maximum atomic E-state index is 10.4. The van der Waals surface area contributed by atoms with Crippen molar-refractivity contribution < 1.29 is 24.9 Å². The van der Waals surface area contributed by atoms with Crippen LogP contribution in [0.5, 0.6) is 0 Å². The Morgan fingerprint density at radius 2 is 1.92 bits per heavy atom. The highest BCUT2D eigenvalue weighted by atomic mass is 16.6. The highest BCUT2D eigenvalue weighted by Gasteiger charge is 2.42. The van der Waals surface area contributed by atoms with Gasteiger partial charge in [0.2, 0.25) is 0 Å². The van der Waals surface area contributed by atoms with E-state index in [2.05, 4.69) is 10.1 Å². The summed E-state index contributed by atoms with van der Waals surface area (Å²) in [6.07, 6.45) is -4.55. The van der Waals surface area contributed by atoms with E-state index in [4.69, 9.17) is 5.11 Å². The minimum atomic E-state index is -1.45. The van der Waals surface area contributed by atoms with Crippen LogP contribution in [0.1, 0.15) is 0 Å². The van der Waals surface area contributed by atoms with Crippen LogP contribution >= 0.6 is 0 Å². The zero-order chi connectivity index (χ0) is 10.0. The van der Waals surface area contributed by atoms with Crippen LogP contribution in [-0.2, 0) is 9.53 Å². The largest absolute Gasteiger partial charge is 0.388 e. The molecule has 1 heterocycles. The Bertz CT molecular complexity index is 188. The van der Waals surface area contributed by atoms with E-state index in [0.717, 1.165) is 0 Å². The van der Waals surface area contributed by atoms with Crippen LogP contribution in [0.25, 0.3) is 0 Å². The van der Waals surface area contributed by atoms with Crippen molar-refractivity contribution in [2.75, 3.05) is 7.05 Å². The van der Waals surface area contributed by atoms with Crippen molar-refractivity contribution in [2.45, 2.75) is 30.6 Å². The van der Waals surface area contributed by atoms with Crippen LogP contribution < -0.4 is 5.32 Å². The molecule has 1 rings (SSSR count). The summed E-state index contributed by atoms with van der Waals surface area (Å²) >= 11 is 0. The number of carbonyl (C=O) groups is 1. The van der Waals surface area contributed by atoms with Gasteiger partial charge in [-0.1, -0.05) is 0 Å². The fourth-order valence-corrected chi connectivity index (χ4v) is 1.36. The Kier molecular flexibility index (Phi) is 3.34. The number of aliphatic hydroxyl groups is 3. The second-order valence-electron chi connectivity index (χ2n) is 2.92. The Labute approximate surface area is 75.1 Å². The van der Waals surface area contributed by atoms with Crippen molar-refractivity contribution in [1.29, 1.82) is 0 Å². The molecule has 0 aromatic rings. The SMILES string of the molecule is CNC1C(O)C(O)OC(C=O)C1O. The fraction of sp³-hybridized carbons (Fsp3) is 0.857. The molecule has 0 spiro atoms. The van der Waals surface area contributed by atoms with E-state index >= 15 is 0 Å². The molecule has 0 aromatic carbocycles. The first-order valence-corrected chi connectivity index (χ1v) is 3.94. The number of hydrogen-bond donors (Lipinski definition) is 4. The van der Waals surface area contributed by atoms with Crippen molar-refractivity contribution in [1.82, 2.24) is 5.32 Å². The Hall–Kier alpha value is -0.530. The summed E-state index contributed by atoms with van der Waals surface area (Å²) in [7, 11) is 1.51. The Morgan fingerprint density at radius 1 is 1.31 bits per heavy atom. The van der Waals surface area contributed by atoms with Gasteiger partial charge in [-0.05, 0) is 7.05 Å². The van der Waals surface area contributed by atoms with Crippen LogP contribution in [-0.4, -0.2) is 59.3 Å². The van der Waals surface area contributed by atoms with Crippen molar-refractivity contribution in [3.8, 4) is 0 Å². The van der Waals surface area contributed by atoms with E-state index in [-0.39, 0.29) is 0 Å². The summed E-state index contributed by atoms with van der Waals surface area (Å²) < 4.78 is 4.64. The van der Waals surface area contributed by atoms with Crippen molar-refractivity contribution in [2.24, 2.45) is 0 Å². The molecular weight excluding hydrogens is 178 g/mol. The van der Waals surface area contributed by atoms with Gasteiger partial charge in [0.15, 0.2) is 12.6 Å². The number of carbonyl (C=O) groups excluding carboxylic acids is 1. The third-order valence-corrected chi connectivity index (χ3v) is 2.13. The van der Waals surface area contributed by atoms with Crippen LogP contribution in [0, 0.1) is 0 Å². The zero-order valence-electron chi connectivity index (χ0n) is 7.12. The molecule has 0 aliphatic carbocycles. The predicted molar refractivity (Wildman–Crippen MR) is 41.8 cm³/mol. The molecule has 0 bridgehead atoms. The van der Waals surface area contributed by atoms with Gasteiger partial charge in [-0.2, -0.15) is 0 Å². The van der Waals surface area contributed by atoms with Gasteiger partial charge in [0.1, 0.15) is 18.3 Å². The smallest absolute Gasteiger partial charge is 0.183 e. The molecule has 0 amide bonds. The second kappa shape index (κ2) is 4.12. The fourth-order valence-electron chi connectivity index (χ4n) is 1.36. The summed E-state index contributed by atoms with van der Waals surface area (Å²) in [5.74, 6) is 0. The van der Waals surface area contributed by atoms with Crippen molar-refractivity contribution in [3.05, 3.63) is 0 Å². The number of aliphatic hydroxyl groups excluding tert-OH is 3. The van der Waals surface area contributed by atoms with Gasteiger partial charge in [0, 0.05) is 0 Å². The maximum absolute atomic E-state index is 10.4. The topological polar surface area (TPSA) is 99.0 Å². The van der Waals surface area contributed by atoms with Crippen molar-refractivity contribution >= 4 is 6.29 Å². The normalized spacial score (nSPS) is 46.0. The van der Waals surface area contributed by atoms with Crippen LogP contribution in [0.2, 0.25) is 0 Å². The Morgan fingerprint density at radius 3 is 2.38 bits per heavy atom. The molecule has 5 unspecified atom stereocenters. The highest BCUT2D eigenvalue weighted by Crippen LogP contribution is 2.18. The first kappa shape index (κ1) is 10.6. The van der Waals surface area contributed by atoms with Gasteiger partial charge >= 0.3 is 0 Å². The summed E-state index contributed by atoms with van der Waals surface area (Å²) in [5, 5.41) is 30.5. The molecular formula is C7H13NO5. The van der Waals surface area contributed by atoms with E-state index < -0.39 is 30.6 Å². The highest BCUT2D eigenvalue weighted by molar-refractivity contribution is 5.57. The summed E-state index contributed by atoms with van der Waals surface area (Å²) in [4.78, 5) is 10.4. The number of likely N-dealkylation sites (N-methyl/N-ethyl adjacent to an activating group) is 1. The first-order valence-electron chi connectivity index (χ1n) is 3.94. The standard InChI is InChI=1S/C7H13NO5/c1-8-4-5(10)3(2-9)13-7(12)6(4)11/h2-8,10-12H,1H3. The van der Waals surface area contributed by atoms with Crippen LogP contribution in [0.3, 0.4) is 0 Å². The maximum Gasteiger partial charge on any atom is 0.183 e. The van der Waals surface area contributed by atoms with Gasteiger partial charge < -0.3 is 30.2 Å². The summed E-state index contributed by atoms with van der Waals surface area (Å²) in [5.41, 5.74) is 0. The molecule has 1 fully saturated rings. The van der Waals surface area contributed by atoms with Crippen LogP contribution in [0.15, 0.2) is 0 Å². The molecule has 1 saturated heterocycles. The monoisotopic (exact) mass is 191 g/mol. The lowest BCUT2D eigenvalue weighted by Gasteiger charge is -2.38. The number of rotatable bonds is 2. The average molecular weight is 191 g/mol. The zero-order valence-corrected chi connectivity index (χ0v) is 7.12. The molecule has 1 aliphatic heterocycles. The minimum Gasteiger partial charge on any atom is -0.388 e. The molecule has 0 aromatic heterocycles.